The number of H-pyrrole nitrogens is 1. The summed E-state index contributed by atoms with van der Waals surface area (Å²) in [5, 5.41) is 12.3. The molecule has 2 N–H and O–H groups in total. The number of aliphatic carboxylic acids is 1. The minimum atomic E-state index is -1.37. The van der Waals surface area contributed by atoms with Gasteiger partial charge in [-0.15, -0.1) is 0 Å². The minimum Gasteiger partial charge on any atom is -0.479 e. The molecule has 0 bridgehead atoms. The Hall–Kier alpha value is -2.88. The van der Waals surface area contributed by atoms with Crippen LogP contribution in [-0.2, 0) is 10.3 Å². The Bertz CT molecular complexity index is 917. The number of carboxylic acids is 1. The molecule has 0 aliphatic carbocycles. The molecule has 2 heterocycles. The Balaban J connectivity index is 2.02. The molecule has 0 amide bonds. The predicted octanol–water partition coefficient (Wildman–Crippen LogP) is 1.56. The van der Waals surface area contributed by atoms with Crippen LogP contribution >= 0.6 is 0 Å². The summed E-state index contributed by atoms with van der Waals surface area (Å²) in [4.78, 5) is 19.6. The van der Waals surface area contributed by atoms with Crippen molar-refractivity contribution in [1.29, 1.82) is 0 Å². The number of nitrogens with zero attached hydrogens (tertiary/aromatic N) is 1. The van der Waals surface area contributed by atoms with Gasteiger partial charge in [0.05, 0.1) is 11.1 Å². The van der Waals surface area contributed by atoms with Gasteiger partial charge in [0.25, 0.3) is 0 Å². The highest BCUT2D eigenvalue weighted by atomic mass is 16.4. The maximum absolute atomic E-state index is 11.9. The fraction of sp³-hybridized carbons (Fsp3) is 0.0588. The lowest BCUT2D eigenvalue weighted by atomic mass is 9.96. The van der Waals surface area contributed by atoms with E-state index in [9.17, 15) is 9.90 Å². The zero-order chi connectivity index (χ0) is 14.4. The van der Waals surface area contributed by atoms with E-state index in [4.69, 9.17) is 0 Å². The fourth-order valence-electron chi connectivity index (χ4n) is 2.80. The summed E-state index contributed by atoms with van der Waals surface area (Å²) >= 11 is 0. The number of hydrogen-bond donors (Lipinski definition) is 2. The van der Waals surface area contributed by atoms with Crippen molar-refractivity contribution in [3.05, 3.63) is 70.9 Å². The van der Waals surface area contributed by atoms with Crippen LogP contribution in [0.1, 0.15) is 5.69 Å². The first-order valence-corrected chi connectivity index (χ1v) is 6.68. The Kier molecular flexibility index (Phi) is 2.30. The lowest BCUT2D eigenvalue weighted by molar-refractivity contribution is -0.141. The van der Waals surface area contributed by atoms with Crippen molar-refractivity contribution >= 4 is 22.9 Å². The maximum Gasteiger partial charge on any atom is 0.341 e. The summed E-state index contributed by atoms with van der Waals surface area (Å²) in [5.74, 6) is -0.981. The van der Waals surface area contributed by atoms with Crippen molar-refractivity contribution in [1.82, 2.24) is 4.98 Å². The molecule has 1 unspecified atom stereocenters. The molecular weight excluding hydrogens is 264 g/mol. The molecule has 3 aromatic rings. The van der Waals surface area contributed by atoms with Crippen LogP contribution in [0.4, 0.5) is 0 Å². The second kappa shape index (κ2) is 4.06. The molecular formula is C17H12N2O2. The first-order valence-electron chi connectivity index (χ1n) is 6.68. The van der Waals surface area contributed by atoms with Gasteiger partial charge < -0.3 is 10.1 Å². The van der Waals surface area contributed by atoms with Crippen LogP contribution in [0.2, 0.25) is 0 Å². The molecule has 0 spiro atoms. The van der Waals surface area contributed by atoms with E-state index in [0.717, 1.165) is 16.1 Å². The van der Waals surface area contributed by atoms with Gasteiger partial charge in [-0.3, -0.25) is 4.99 Å². The van der Waals surface area contributed by atoms with E-state index in [2.05, 4.69) is 9.98 Å². The molecule has 1 aliphatic rings. The Morgan fingerprint density at radius 1 is 1.10 bits per heavy atom. The third-order valence-electron chi connectivity index (χ3n) is 3.86. The zero-order valence-electron chi connectivity index (χ0n) is 11.1. The van der Waals surface area contributed by atoms with Crippen LogP contribution in [0, 0.1) is 0 Å². The van der Waals surface area contributed by atoms with Crippen LogP contribution < -0.4 is 10.6 Å². The van der Waals surface area contributed by atoms with Gasteiger partial charge in [-0.1, -0.05) is 36.4 Å². The monoisotopic (exact) mass is 276 g/mol. The molecule has 4 rings (SSSR count). The van der Waals surface area contributed by atoms with Gasteiger partial charge in [-0.25, -0.2) is 4.79 Å². The quantitative estimate of drug-likeness (QED) is 0.746. The molecule has 1 aliphatic heterocycles. The Labute approximate surface area is 120 Å². The fourth-order valence-corrected chi connectivity index (χ4v) is 2.80. The number of nitrogens with one attached hydrogen (secondary N) is 1. The number of para-hydroxylation sites is 2. The third kappa shape index (κ3) is 1.62. The summed E-state index contributed by atoms with van der Waals surface area (Å²) in [6.07, 6.45) is 1.70. The molecule has 0 radical (unpaired) electrons. The molecule has 1 aromatic heterocycles. The lowest BCUT2D eigenvalue weighted by Crippen LogP contribution is -2.31. The molecule has 4 heteroatoms. The minimum absolute atomic E-state index is 0.576. The van der Waals surface area contributed by atoms with Crippen molar-refractivity contribution in [3.63, 3.8) is 0 Å². The summed E-state index contributed by atoms with van der Waals surface area (Å²) in [6.45, 7) is 0. The van der Waals surface area contributed by atoms with Gasteiger partial charge in [0, 0.05) is 5.52 Å². The number of fused-ring (bicyclic) bond motifs is 2. The van der Waals surface area contributed by atoms with Crippen LogP contribution in [0.25, 0.3) is 17.0 Å². The first-order chi connectivity index (χ1) is 10.2. The van der Waals surface area contributed by atoms with Gasteiger partial charge in [0.2, 0.25) is 5.54 Å². The van der Waals surface area contributed by atoms with Crippen LogP contribution in [0.3, 0.4) is 0 Å². The molecule has 2 aromatic carbocycles. The topological polar surface area (TPSA) is 65.4 Å². The van der Waals surface area contributed by atoms with Gasteiger partial charge in [-0.2, -0.15) is 0 Å². The second-order valence-corrected chi connectivity index (χ2v) is 5.16. The molecule has 0 saturated heterocycles. The van der Waals surface area contributed by atoms with Gasteiger partial charge in [0.1, 0.15) is 0 Å². The third-order valence-corrected chi connectivity index (χ3v) is 3.86. The van der Waals surface area contributed by atoms with E-state index in [-0.39, 0.29) is 0 Å². The van der Waals surface area contributed by atoms with Crippen molar-refractivity contribution in [2.24, 2.45) is 4.99 Å². The van der Waals surface area contributed by atoms with Gasteiger partial charge in [-0.05, 0) is 34.9 Å². The second-order valence-electron chi connectivity index (χ2n) is 5.16. The van der Waals surface area contributed by atoms with Gasteiger partial charge >= 0.3 is 5.97 Å². The summed E-state index contributed by atoms with van der Waals surface area (Å²) in [6, 6.07) is 17.0. The number of carbonyl (C=O) groups is 1. The van der Waals surface area contributed by atoms with Crippen molar-refractivity contribution in [3.8, 4) is 0 Å². The molecule has 102 valence electrons. The summed E-state index contributed by atoms with van der Waals surface area (Å²) in [5.41, 5.74) is 0.114. The van der Waals surface area contributed by atoms with E-state index in [1.165, 1.54) is 0 Å². The van der Waals surface area contributed by atoms with Crippen LogP contribution in [0.15, 0.2) is 59.6 Å². The highest BCUT2D eigenvalue weighted by Crippen LogP contribution is 2.31. The highest BCUT2D eigenvalue weighted by molar-refractivity contribution is 5.92. The average Bonchev–Trinajstić information content (AvgIpc) is 3.09. The van der Waals surface area contributed by atoms with E-state index in [0.29, 0.717) is 11.1 Å². The normalized spacial score (nSPS) is 19.8. The number of hydrogen-bond acceptors (Lipinski definition) is 2. The molecule has 0 saturated carbocycles. The van der Waals surface area contributed by atoms with Crippen molar-refractivity contribution in [2.45, 2.75) is 5.54 Å². The van der Waals surface area contributed by atoms with Crippen molar-refractivity contribution in [2.75, 3.05) is 0 Å². The number of benzene rings is 2. The van der Waals surface area contributed by atoms with Crippen LogP contribution in [0.5, 0.6) is 0 Å². The number of carboxylic acid groups (broad SMARTS) is 1. The molecule has 0 fully saturated rings. The van der Waals surface area contributed by atoms with E-state index < -0.39 is 11.5 Å². The largest absolute Gasteiger partial charge is 0.479 e. The number of aromatic nitrogens is 1. The van der Waals surface area contributed by atoms with E-state index in [1.807, 2.05) is 54.6 Å². The average molecular weight is 276 g/mol. The number of rotatable bonds is 2. The van der Waals surface area contributed by atoms with Crippen LogP contribution in [-0.4, -0.2) is 16.1 Å². The standard InChI is InChI=1S/C17H12N2O2/c20-16(21)17(10-12-6-2-4-8-14(12)19-17)15-9-11-5-1-3-7-13(11)18-15/h1-10,18H,(H,20,21). The maximum atomic E-state index is 11.9. The van der Waals surface area contributed by atoms with E-state index in [1.54, 1.807) is 6.08 Å². The summed E-state index contributed by atoms with van der Waals surface area (Å²) < 4.78 is 0. The Morgan fingerprint density at radius 3 is 2.62 bits per heavy atom. The predicted molar refractivity (Wildman–Crippen MR) is 79.3 cm³/mol. The Morgan fingerprint density at radius 2 is 1.86 bits per heavy atom. The molecule has 1 atom stereocenters. The smallest absolute Gasteiger partial charge is 0.341 e. The zero-order valence-corrected chi connectivity index (χ0v) is 11.1. The SMILES string of the molecule is O=C(O)C1(c2cc3ccccc3[nH]2)C=c2ccccc2=N1. The lowest BCUT2D eigenvalue weighted by Gasteiger charge is -2.17. The van der Waals surface area contributed by atoms with Crippen molar-refractivity contribution < 1.29 is 9.90 Å². The highest BCUT2D eigenvalue weighted by Gasteiger charge is 2.41. The summed E-state index contributed by atoms with van der Waals surface area (Å²) in [7, 11) is 0. The first kappa shape index (κ1) is 11.9. The van der Waals surface area contributed by atoms with E-state index >= 15 is 0 Å². The molecule has 4 nitrogen and oxygen atoms in total. The van der Waals surface area contributed by atoms with Gasteiger partial charge in [0.15, 0.2) is 0 Å². The molecule has 21 heavy (non-hydrogen) atoms. The number of aromatic amines is 1.